The van der Waals surface area contributed by atoms with Crippen LogP contribution in [0, 0.1) is 5.41 Å². The summed E-state index contributed by atoms with van der Waals surface area (Å²) in [6.07, 6.45) is 0. The van der Waals surface area contributed by atoms with Gasteiger partial charge in [-0.15, -0.1) is 12.4 Å². The maximum Gasteiger partial charge on any atom is 0.340 e. The number of hydrogen-bond donors (Lipinski definition) is 2. The number of hydrogen-bond acceptors (Lipinski definition) is 5. The number of benzene rings is 3. The molecule has 0 heterocycles. The Morgan fingerprint density at radius 2 is 1.66 bits per heavy atom. The van der Waals surface area contributed by atoms with Crippen molar-refractivity contribution in [3.05, 3.63) is 88.9 Å². The first-order valence-electron chi connectivity index (χ1n) is 8.20. The van der Waals surface area contributed by atoms with Crippen LogP contribution in [0.25, 0.3) is 0 Å². The lowest BCUT2D eigenvalue weighted by Gasteiger charge is -2.11. The number of nitrogen functional groups attached to an aromatic ring is 1. The Balaban J connectivity index is 0.00000300. The molecule has 152 valence electrons. The summed E-state index contributed by atoms with van der Waals surface area (Å²) in [5, 5.41) is 7.56. The third kappa shape index (κ3) is 5.87. The average molecular weight is 453 g/mol. The van der Waals surface area contributed by atoms with Crippen molar-refractivity contribution < 1.29 is 17.3 Å². The van der Waals surface area contributed by atoms with Crippen LogP contribution in [-0.4, -0.2) is 14.3 Å². The molecule has 0 saturated carbocycles. The summed E-state index contributed by atoms with van der Waals surface area (Å²) in [7, 11) is -4.07. The summed E-state index contributed by atoms with van der Waals surface area (Å²) in [6.45, 7) is 0.224. The molecule has 3 N–H and O–H groups in total. The van der Waals surface area contributed by atoms with E-state index in [9.17, 15) is 8.42 Å². The Hall–Kier alpha value is -2.74. The van der Waals surface area contributed by atoms with Crippen LogP contribution in [0.15, 0.2) is 77.7 Å². The molecule has 29 heavy (non-hydrogen) atoms. The van der Waals surface area contributed by atoms with Gasteiger partial charge < -0.3 is 14.7 Å². The van der Waals surface area contributed by atoms with Crippen molar-refractivity contribution in [2.75, 3.05) is 0 Å². The van der Waals surface area contributed by atoms with E-state index >= 15 is 0 Å². The van der Waals surface area contributed by atoms with Crippen LogP contribution in [0.1, 0.15) is 11.1 Å². The summed E-state index contributed by atoms with van der Waals surface area (Å²) in [4.78, 5) is -0.107. The van der Waals surface area contributed by atoms with E-state index in [1.165, 1.54) is 24.3 Å². The number of ether oxygens (including phenoxy) is 1. The third-order valence-corrected chi connectivity index (χ3v) is 5.51. The molecule has 3 aromatic carbocycles. The number of nitrogens with two attached hydrogens (primary N) is 1. The van der Waals surface area contributed by atoms with Crippen LogP contribution in [0.5, 0.6) is 11.5 Å². The highest BCUT2D eigenvalue weighted by atomic mass is 35.5. The topological polar surface area (TPSA) is 102 Å². The lowest BCUT2D eigenvalue weighted by molar-refractivity contribution is 0.305. The number of rotatable bonds is 7. The normalized spacial score (nSPS) is 10.7. The van der Waals surface area contributed by atoms with Crippen molar-refractivity contribution in [2.45, 2.75) is 11.5 Å². The molecule has 0 aromatic heterocycles. The van der Waals surface area contributed by atoms with Gasteiger partial charge in [0.15, 0.2) is 0 Å². The zero-order valence-electron chi connectivity index (χ0n) is 15.0. The molecule has 0 aliphatic rings. The van der Waals surface area contributed by atoms with E-state index in [0.717, 1.165) is 5.56 Å². The smallest absolute Gasteiger partial charge is 0.340 e. The molecular formula is C20H18Cl2N2O4S. The van der Waals surface area contributed by atoms with E-state index in [0.29, 0.717) is 11.3 Å². The molecule has 6 nitrogen and oxygen atoms in total. The molecule has 0 atom stereocenters. The van der Waals surface area contributed by atoms with E-state index < -0.39 is 10.1 Å². The molecule has 0 amide bonds. The molecule has 0 fully saturated rings. The van der Waals surface area contributed by atoms with Gasteiger partial charge in [0, 0.05) is 11.6 Å². The first kappa shape index (κ1) is 22.5. The highest BCUT2D eigenvalue weighted by Crippen LogP contribution is 2.27. The van der Waals surface area contributed by atoms with Crippen molar-refractivity contribution in [3.8, 4) is 11.5 Å². The fourth-order valence-corrected chi connectivity index (χ4v) is 3.85. The number of halogens is 2. The van der Waals surface area contributed by atoms with Crippen molar-refractivity contribution in [1.29, 1.82) is 5.41 Å². The molecule has 3 aromatic rings. The summed E-state index contributed by atoms with van der Waals surface area (Å²) >= 11 is 5.95. The highest BCUT2D eigenvalue weighted by molar-refractivity contribution is 7.87. The Morgan fingerprint density at radius 1 is 0.966 bits per heavy atom. The molecule has 9 heteroatoms. The molecule has 0 saturated heterocycles. The van der Waals surface area contributed by atoms with Gasteiger partial charge in [0.05, 0.1) is 5.02 Å². The van der Waals surface area contributed by atoms with Crippen molar-refractivity contribution in [3.63, 3.8) is 0 Å². The van der Waals surface area contributed by atoms with Crippen LogP contribution < -0.4 is 14.7 Å². The Kier molecular flexibility index (Phi) is 7.50. The minimum absolute atomic E-state index is 0. The fraction of sp³-hybridized carbons (Fsp3) is 0.0500. The Morgan fingerprint density at radius 3 is 2.38 bits per heavy atom. The maximum absolute atomic E-state index is 12.4. The predicted molar refractivity (Wildman–Crippen MR) is 115 cm³/mol. The van der Waals surface area contributed by atoms with E-state index in [4.69, 9.17) is 31.7 Å². The van der Waals surface area contributed by atoms with Gasteiger partial charge >= 0.3 is 10.1 Å². The molecule has 0 spiro atoms. The monoisotopic (exact) mass is 452 g/mol. The van der Waals surface area contributed by atoms with E-state index in [2.05, 4.69) is 0 Å². The van der Waals surface area contributed by atoms with Gasteiger partial charge in [-0.05, 0) is 35.9 Å². The molecule has 0 radical (unpaired) electrons. The van der Waals surface area contributed by atoms with Gasteiger partial charge in [-0.1, -0.05) is 48.0 Å². The van der Waals surface area contributed by atoms with Crippen molar-refractivity contribution >= 4 is 40.0 Å². The molecule has 0 bridgehead atoms. The van der Waals surface area contributed by atoms with E-state index in [1.54, 1.807) is 42.5 Å². The van der Waals surface area contributed by atoms with Gasteiger partial charge in [0.1, 0.15) is 28.8 Å². The van der Waals surface area contributed by atoms with Gasteiger partial charge in [0.2, 0.25) is 0 Å². The molecule has 3 rings (SSSR count). The first-order chi connectivity index (χ1) is 13.3. The van der Waals surface area contributed by atoms with Crippen LogP contribution in [0.3, 0.4) is 0 Å². The predicted octanol–water partition coefficient (Wildman–Crippen LogP) is 4.39. The quantitative estimate of drug-likeness (QED) is 0.314. The Bertz CT molecular complexity index is 1120. The standard InChI is InChI=1S/C20H17ClN2O4S.ClH/c21-18-9-1-2-10-19(18)28(24,25)27-17-8-4-7-16(12-17)26-13-14-5-3-6-15(11-14)20(22)23;/h1-12H,13H2,(H3,22,23);1H. The SMILES string of the molecule is Cl.N=C(N)c1cccc(COc2cccc(OS(=O)(=O)c3ccccc3Cl)c2)c1. The minimum Gasteiger partial charge on any atom is -0.489 e. The van der Waals surface area contributed by atoms with E-state index in [-0.39, 0.29) is 40.5 Å². The van der Waals surface area contributed by atoms with Crippen molar-refractivity contribution in [2.24, 2.45) is 5.73 Å². The summed E-state index contributed by atoms with van der Waals surface area (Å²) < 4.78 is 35.7. The highest BCUT2D eigenvalue weighted by Gasteiger charge is 2.20. The van der Waals surface area contributed by atoms with Crippen LogP contribution in [0.2, 0.25) is 5.02 Å². The number of amidine groups is 1. The summed E-state index contributed by atoms with van der Waals surface area (Å²) in [6, 6.07) is 19.5. The zero-order valence-corrected chi connectivity index (χ0v) is 17.4. The van der Waals surface area contributed by atoms with Crippen LogP contribution in [0.4, 0.5) is 0 Å². The second-order valence-electron chi connectivity index (χ2n) is 5.85. The lowest BCUT2D eigenvalue weighted by Crippen LogP contribution is -2.11. The van der Waals surface area contributed by atoms with Gasteiger partial charge in [0.25, 0.3) is 0 Å². The average Bonchev–Trinajstić information content (AvgIpc) is 2.67. The lowest BCUT2D eigenvalue weighted by atomic mass is 10.1. The molecule has 0 aliphatic heterocycles. The first-order valence-corrected chi connectivity index (χ1v) is 9.99. The summed E-state index contributed by atoms with van der Waals surface area (Å²) in [5.41, 5.74) is 6.91. The molecular weight excluding hydrogens is 435 g/mol. The van der Waals surface area contributed by atoms with E-state index in [1.807, 2.05) is 6.07 Å². The van der Waals surface area contributed by atoms with Crippen LogP contribution in [-0.2, 0) is 16.7 Å². The van der Waals surface area contributed by atoms with Crippen LogP contribution >= 0.6 is 24.0 Å². The zero-order chi connectivity index (χ0) is 20.1. The second kappa shape index (κ2) is 9.65. The third-order valence-electron chi connectivity index (χ3n) is 3.76. The molecule has 0 unspecified atom stereocenters. The number of nitrogens with one attached hydrogen (secondary N) is 1. The van der Waals surface area contributed by atoms with Gasteiger partial charge in [-0.25, -0.2) is 0 Å². The minimum atomic E-state index is -4.07. The fourth-order valence-electron chi connectivity index (χ4n) is 2.43. The van der Waals surface area contributed by atoms with Gasteiger partial charge in [-0.2, -0.15) is 8.42 Å². The van der Waals surface area contributed by atoms with Gasteiger partial charge in [-0.3, -0.25) is 5.41 Å². The second-order valence-corrected chi connectivity index (χ2v) is 7.77. The largest absolute Gasteiger partial charge is 0.489 e. The molecule has 0 aliphatic carbocycles. The Labute approximate surface area is 180 Å². The summed E-state index contributed by atoms with van der Waals surface area (Å²) in [5.74, 6) is 0.511. The van der Waals surface area contributed by atoms with Crippen molar-refractivity contribution in [1.82, 2.24) is 0 Å². The maximum atomic E-state index is 12.4.